The van der Waals surface area contributed by atoms with E-state index < -0.39 is 0 Å². The minimum atomic E-state index is 0.549. The smallest absolute Gasteiger partial charge is 0.108 e. The van der Waals surface area contributed by atoms with Crippen LogP contribution in [0, 0.1) is 5.92 Å². The van der Waals surface area contributed by atoms with Gasteiger partial charge < -0.3 is 9.73 Å². The predicted octanol–water partition coefficient (Wildman–Crippen LogP) is 3.44. The normalized spacial score (nSPS) is 26.4. The standard InChI is InChI=1S/C14H21NO/c1-2-12(10-6-7-10)15-13-4-3-5-14-11(13)8-9-16-14/h8-10,12-13,15H,2-7H2,1H3. The first-order valence-electron chi connectivity index (χ1n) is 6.70. The molecule has 0 aromatic carbocycles. The molecular formula is C14H21NO. The highest BCUT2D eigenvalue weighted by atomic mass is 16.3. The van der Waals surface area contributed by atoms with Crippen molar-refractivity contribution in [1.82, 2.24) is 5.32 Å². The fraction of sp³-hybridized carbons (Fsp3) is 0.714. The predicted molar refractivity (Wildman–Crippen MR) is 64.3 cm³/mol. The Morgan fingerprint density at radius 1 is 1.44 bits per heavy atom. The number of nitrogens with one attached hydrogen (secondary N) is 1. The molecule has 0 bridgehead atoms. The van der Waals surface area contributed by atoms with Gasteiger partial charge in [0.05, 0.1) is 6.26 Å². The van der Waals surface area contributed by atoms with Crippen LogP contribution in [-0.2, 0) is 6.42 Å². The van der Waals surface area contributed by atoms with Crippen molar-refractivity contribution >= 4 is 0 Å². The highest BCUT2D eigenvalue weighted by molar-refractivity contribution is 5.24. The zero-order chi connectivity index (χ0) is 11.0. The van der Waals surface area contributed by atoms with Crippen molar-refractivity contribution in [2.75, 3.05) is 0 Å². The van der Waals surface area contributed by atoms with Crippen molar-refractivity contribution in [3.63, 3.8) is 0 Å². The van der Waals surface area contributed by atoms with Crippen LogP contribution >= 0.6 is 0 Å². The van der Waals surface area contributed by atoms with Gasteiger partial charge in [0.25, 0.3) is 0 Å². The number of aryl methyl sites for hydroxylation is 1. The lowest BCUT2D eigenvalue weighted by Crippen LogP contribution is -2.35. The van der Waals surface area contributed by atoms with Crippen LogP contribution in [0.25, 0.3) is 0 Å². The summed E-state index contributed by atoms with van der Waals surface area (Å²) in [5.41, 5.74) is 1.42. The minimum absolute atomic E-state index is 0.549. The molecule has 2 atom stereocenters. The number of furan rings is 1. The van der Waals surface area contributed by atoms with Crippen LogP contribution in [0.1, 0.15) is 56.4 Å². The monoisotopic (exact) mass is 219 g/mol. The van der Waals surface area contributed by atoms with Gasteiger partial charge in [-0.2, -0.15) is 0 Å². The molecule has 0 spiro atoms. The summed E-state index contributed by atoms with van der Waals surface area (Å²) >= 11 is 0. The van der Waals surface area contributed by atoms with Crippen LogP contribution in [0.5, 0.6) is 0 Å². The Morgan fingerprint density at radius 3 is 3.06 bits per heavy atom. The van der Waals surface area contributed by atoms with Crippen molar-refractivity contribution < 1.29 is 4.42 Å². The van der Waals surface area contributed by atoms with E-state index in [1.54, 1.807) is 0 Å². The first-order chi connectivity index (χ1) is 7.88. The summed E-state index contributed by atoms with van der Waals surface area (Å²) in [7, 11) is 0. The Bertz CT molecular complexity index is 353. The van der Waals surface area contributed by atoms with Crippen LogP contribution in [-0.4, -0.2) is 6.04 Å². The van der Waals surface area contributed by atoms with Crippen LogP contribution in [0.4, 0.5) is 0 Å². The zero-order valence-corrected chi connectivity index (χ0v) is 10.0. The molecule has 2 aliphatic rings. The lowest BCUT2D eigenvalue weighted by molar-refractivity contribution is 0.346. The van der Waals surface area contributed by atoms with Gasteiger partial charge in [0, 0.05) is 24.1 Å². The third-order valence-electron chi connectivity index (χ3n) is 4.10. The summed E-state index contributed by atoms with van der Waals surface area (Å²) < 4.78 is 5.54. The van der Waals surface area contributed by atoms with E-state index in [0.29, 0.717) is 6.04 Å². The Hall–Kier alpha value is -0.760. The number of fused-ring (bicyclic) bond motifs is 1. The summed E-state index contributed by atoms with van der Waals surface area (Å²) in [6.07, 6.45) is 9.62. The third-order valence-corrected chi connectivity index (χ3v) is 4.10. The molecule has 2 aliphatic carbocycles. The highest BCUT2D eigenvalue weighted by Gasteiger charge is 2.33. The molecule has 1 heterocycles. The quantitative estimate of drug-likeness (QED) is 0.839. The zero-order valence-electron chi connectivity index (χ0n) is 10.0. The van der Waals surface area contributed by atoms with E-state index in [4.69, 9.17) is 4.42 Å². The molecule has 0 aliphatic heterocycles. The second kappa shape index (κ2) is 4.25. The topological polar surface area (TPSA) is 25.2 Å². The van der Waals surface area contributed by atoms with E-state index in [1.807, 2.05) is 6.26 Å². The molecule has 0 amide bonds. The van der Waals surface area contributed by atoms with Gasteiger partial charge >= 0.3 is 0 Å². The van der Waals surface area contributed by atoms with Crippen LogP contribution in [0.15, 0.2) is 16.7 Å². The maximum absolute atomic E-state index is 5.54. The molecule has 2 nitrogen and oxygen atoms in total. The summed E-state index contributed by atoms with van der Waals surface area (Å²) in [6, 6.07) is 3.44. The Morgan fingerprint density at radius 2 is 2.31 bits per heavy atom. The summed E-state index contributed by atoms with van der Waals surface area (Å²) in [5, 5.41) is 3.85. The maximum Gasteiger partial charge on any atom is 0.108 e. The minimum Gasteiger partial charge on any atom is -0.469 e. The molecule has 16 heavy (non-hydrogen) atoms. The van der Waals surface area contributed by atoms with Gasteiger partial charge in [-0.25, -0.2) is 0 Å². The van der Waals surface area contributed by atoms with Crippen molar-refractivity contribution in [1.29, 1.82) is 0 Å². The van der Waals surface area contributed by atoms with E-state index in [-0.39, 0.29) is 0 Å². The molecule has 0 radical (unpaired) electrons. The number of rotatable bonds is 4. The molecule has 2 heteroatoms. The van der Waals surface area contributed by atoms with Gasteiger partial charge in [-0.1, -0.05) is 6.92 Å². The Labute approximate surface area is 97.4 Å². The summed E-state index contributed by atoms with van der Waals surface area (Å²) in [5.74, 6) is 2.16. The molecule has 2 unspecified atom stereocenters. The van der Waals surface area contributed by atoms with Gasteiger partial charge in [-0.15, -0.1) is 0 Å². The van der Waals surface area contributed by atoms with Gasteiger partial charge in [-0.05, 0) is 44.1 Å². The Kier molecular flexibility index (Phi) is 2.76. The highest BCUT2D eigenvalue weighted by Crippen LogP contribution is 2.37. The fourth-order valence-electron chi connectivity index (χ4n) is 3.00. The van der Waals surface area contributed by atoms with Gasteiger partial charge in [-0.3, -0.25) is 0 Å². The lowest BCUT2D eigenvalue weighted by atomic mass is 9.92. The molecule has 1 aromatic heterocycles. The first kappa shape index (κ1) is 10.4. The molecular weight excluding hydrogens is 198 g/mol. The summed E-state index contributed by atoms with van der Waals surface area (Å²) in [6.45, 7) is 2.30. The second-order valence-electron chi connectivity index (χ2n) is 5.26. The molecule has 1 aromatic rings. The largest absolute Gasteiger partial charge is 0.469 e. The van der Waals surface area contributed by atoms with Crippen molar-refractivity contribution in [3.05, 3.63) is 23.7 Å². The van der Waals surface area contributed by atoms with Gasteiger partial charge in [0.1, 0.15) is 5.76 Å². The van der Waals surface area contributed by atoms with E-state index >= 15 is 0 Å². The van der Waals surface area contributed by atoms with E-state index in [9.17, 15) is 0 Å². The van der Waals surface area contributed by atoms with Gasteiger partial charge in [0.2, 0.25) is 0 Å². The molecule has 1 fully saturated rings. The van der Waals surface area contributed by atoms with Gasteiger partial charge in [0.15, 0.2) is 0 Å². The number of hydrogen-bond donors (Lipinski definition) is 1. The second-order valence-corrected chi connectivity index (χ2v) is 5.26. The lowest BCUT2D eigenvalue weighted by Gasteiger charge is -2.27. The SMILES string of the molecule is CCC(NC1CCCc2occc21)C1CC1. The van der Waals surface area contributed by atoms with Crippen LogP contribution < -0.4 is 5.32 Å². The number of hydrogen-bond acceptors (Lipinski definition) is 2. The van der Waals surface area contributed by atoms with Crippen molar-refractivity contribution in [3.8, 4) is 0 Å². The van der Waals surface area contributed by atoms with Crippen molar-refractivity contribution in [2.45, 2.75) is 57.5 Å². The summed E-state index contributed by atoms with van der Waals surface area (Å²) in [4.78, 5) is 0. The van der Waals surface area contributed by atoms with E-state index in [1.165, 1.54) is 43.4 Å². The molecule has 3 rings (SSSR count). The molecule has 0 saturated heterocycles. The van der Waals surface area contributed by atoms with E-state index in [0.717, 1.165) is 18.4 Å². The van der Waals surface area contributed by atoms with Crippen LogP contribution in [0.2, 0.25) is 0 Å². The maximum atomic E-state index is 5.54. The molecule has 1 N–H and O–H groups in total. The van der Waals surface area contributed by atoms with Crippen molar-refractivity contribution in [2.24, 2.45) is 5.92 Å². The molecule has 88 valence electrons. The molecule has 1 saturated carbocycles. The van der Waals surface area contributed by atoms with Crippen LogP contribution in [0.3, 0.4) is 0 Å². The van der Waals surface area contributed by atoms with E-state index in [2.05, 4.69) is 18.3 Å². The average Bonchev–Trinajstić information content (AvgIpc) is 3.03. The Balaban J connectivity index is 1.71. The first-order valence-corrected chi connectivity index (χ1v) is 6.70. The third kappa shape index (κ3) is 1.91. The fourth-order valence-corrected chi connectivity index (χ4v) is 3.00. The average molecular weight is 219 g/mol.